The first kappa shape index (κ1) is 25.9. The number of hydrogen-bond donors (Lipinski definition) is 2. The Morgan fingerprint density at radius 2 is 1.56 bits per heavy atom. The molecule has 0 aromatic heterocycles. The molecule has 1 aliphatic heterocycles. The van der Waals surface area contributed by atoms with Gasteiger partial charge in [-0.2, -0.15) is 0 Å². The SMILES string of the molecule is CCN(C(=O)C1CCC(NC(=O)CC2CCC(S(=O)(=O)CC3CC3)CC2)NC1)C1CCCCC1. The molecule has 2 atom stereocenters. The maximum absolute atomic E-state index is 13.1. The molecule has 2 amide bonds. The van der Waals surface area contributed by atoms with Gasteiger partial charge in [-0.05, 0) is 83.0 Å². The monoisotopic (exact) mass is 495 g/mol. The van der Waals surface area contributed by atoms with Crippen LogP contribution < -0.4 is 10.6 Å². The van der Waals surface area contributed by atoms with Gasteiger partial charge < -0.3 is 10.2 Å². The lowest BCUT2D eigenvalue weighted by Crippen LogP contribution is -2.54. The van der Waals surface area contributed by atoms with Crippen molar-refractivity contribution in [3.8, 4) is 0 Å². The minimum absolute atomic E-state index is 0.00268. The average Bonchev–Trinajstić information content (AvgIpc) is 3.64. The van der Waals surface area contributed by atoms with Crippen LogP contribution in [0, 0.1) is 17.8 Å². The zero-order valence-electron chi connectivity index (χ0n) is 21.0. The number of nitrogens with zero attached hydrogens (tertiary/aromatic N) is 1. The number of carbonyl (C=O) groups excluding carboxylic acids is 2. The highest BCUT2D eigenvalue weighted by molar-refractivity contribution is 7.92. The molecule has 1 heterocycles. The van der Waals surface area contributed by atoms with Crippen molar-refractivity contribution >= 4 is 21.7 Å². The van der Waals surface area contributed by atoms with E-state index in [9.17, 15) is 18.0 Å². The highest BCUT2D eigenvalue weighted by Gasteiger charge is 2.36. The van der Waals surface area contributed by atoms with Gasteiger partial charge >= 0.3 is 0 Å². The number of nitrogens with one attached hydrogen (secondary N) is 2. The van der Waals surface area contributed by atoms with E-state index < -0.39 is 9.84 Å². The molecule has 0 bridgehead atoms. The predicted octanol–water partition coefficient (Wildman–Crippen LogP) is 3.38. The Labute approximate surface area is 206 Å². The number of rotatable bonds is 9. The molecule has 2 unspecified atom stereocenters. The Morgan fingerprint density at radius 3 is 2.15 bits per heavy atom. The quantitative estimate of drug-likeness (QED) is 0.511. The first-order chi connectivity index (χ1) is 16.4. The molecule has 3 saturated carbocycles. The maximum Gasteiger partial charge on any atom is 0.227 e. The molecule has 8 heteroatoms. The molecule has 3 aliphatic carbocycles. The largest absolute Gasteiger partial charge is 0.341 e. The first-order valence-corrected chi connectivity index (χ1v) is 15.6. The zero-order chi connectivity index (χ0) is 24.1. The number of hydrogen-bond acceptors (Lipinski definition) is 5. The number of carbonyl (C=O) groups is 2. The topological polar surface area (TPSA) is 95.6 Å². The van der Waals surface area contributed by atoms with Crippen LogP contribution in [0.5, 0.6) is 0 Å². The summed E-state index contributed by atoms with van der Waals surface area (Å²) in [5.74, 6) is 1.38. The summed E-state index contributed by atoms with van der Waals surface area (Å²) in [4.78, 5) is 27.9. The third kappa shape index (κ3) is 6.96. The fraction of sp³-hybridized carbons (Fsp3) is 0.923. The van der Waals surface area contributed by atoms with Crippen molar-refractivity contribution in [2.75, 3.05) is 18.8 Å². The van der Waals surface area contributed by atoms with E-state index in [1.165, 1.54) is 19.3 Å². The summed E-state index contributed by atoms with van der Waals surface area (Å²) in [5, 5.41) is 6.31. The average molecular weight is 496 g/mol. The molecule has 0 radical (unpaired) electrons. The second kappa shape index (κ2) is 11.7. The molecule has 0 spiro atoms. The van der Waals surface area contributed by atoms with Crippen LogP contribution in [0.15, 0.2) is 0 Å². The van der Waals surface area contributed by atoms with Crippen molar-refractivity contribution in [1.82, 2.24) is 15.5 Å². The fourth-order valence-electron chi connectivity index (χ4n) is 6.37. The minimum atomic E-state index is -2.96. The summed E-state index contributed by atoms with van der Waals surface area (Å²) < 4.78 is 25.1. The fourth-order valence-corrected chi connectivity index (χ4v) is 8.62. The second-order valence-corrected chi connectivity index (χ2v) is 13.7. The molecule has 4 fully saturated rings. The highest BCUT2D eigenvalue weighted by Crippen LogP contribution is 2.36. The first-order valence-electron chi connectivity index (χ1n) is 13.9. The summed E-state index contributed by atoms with van der Waals surface area (Å²) in [7, 11) is -2.96. The Hall–Kier alpha value is -1.15. The van der Waals surface area contributed by atoms with Gasteiger partial charge in [0.25, 0.3) is 0 Å². The molecule has 2 N–H and O–H groups in total. The lowest BCUT2D eigenvalue weighted by Gasteiger charge is -2.38. The van der Waals surface area contributed by atoms with E-state index in [-0.39, 0.29) is 35.1 Å². The lowest BCUT2D eigenvalue weighted by atomic mass is 9.86. The van der Waals surface area contributed by atoms with E-state index in [1.54, 1.807) is 0 Å². The van der Waals surface area contributed by atoms with Crippen molar-refractivity contribution in [2.24, 2.45) is 17.8 Å². The zero-order valence-corrected chi connectivity index (χ0v) is 21.8. The van der Waals surface area contributed by atoms with Crippen LogP contribution in [-0.2, 0) is 19.4 Å². The summed E-state index contributed by atoms with van der Waals surface area (Å²) in [6.07, 6.45) is 13.2. The van der Waals surface area contributed by atoms with Crippen LogP contribution in [-0.4, -0.2) is 61.4 Å². The molecule has 7 nitrogen and oxygen atoms in total. The van der Waals surface area contributed by atoms with Crippen LogP contribution in [0.4, 0.5) is 0 Å². The highest BCUT2D eigenvalue weighted by atomic mass is 32.2. The van der Waals surface area contributed by atoms with Crippen molar-refractivity contribution in [3.63, 3.8) is 0 Å². The minimum Gasteiger partial charge on any atom is -0.341 e. The van der Waals surface area contributed by atoms with E-state index in [0.29, 0.717) is 43.5 Å². The molecule has 4 aliphatic rings. The van der Waals surface area contributed by atoms with Gasteiger partial charge in [0.1, 0.15) is 0 Å². The second-order valence-electron chi connectivity index (χ2n) is 11.3. The Morgan fingerprint density at radius 1 is 0.882 bits per heavy atom. The van der Waals surface area contributed by atoms with Crippen molar-refractivity contribution in [3.05, 3.63) is 0 Å². The standard InChI is InChI=1S/C26H45N3O4S/c1-2-29(22-6-4-3-5-7-22)26(31)21-12-15-24(27-17-21)28-25(30)16-19-10-13-23(14-11-19)34(32,33)18-20-8-9-20/h19-24,27H,2-18H2,1H3,(H,28,30). The summed E-state index contributed by atoms with van der Waals surface area (Å²) in [6, 6.07) is 0.405. The summed E-state index contributed by atoms with van der Waals surface area (Å²) in [5.41, 5.74) is 0. The third-order valence-electron chi connectivity index (χ3n) is 8.68. The Balaban J connectivity index is 1.15. The number of sulfone groups is 1. The van der Waals surface area contributed by atoms with Gasteiger partial charge in [-0.15, -0.1) is 0 Å². The predicted molar refractivity (Wildman–Crippen MR) is 134 cm³/mol. The summed E-state index contributed by atoms with van der Waals surface area (Å²) in [6.45, 7) is 3.49. The molecule has 0 aromatic carbocycles. The van der Waals surface area contributed by atoms with Gasteiger partial charge in [0.15, 0.2) is 9.84 Å². The van der Waals surface area contributed by atoms with Gasteiger partial charge in [0.2, 0.25) is 11.8 Å². The van der Waals surface area contributed by atoms with Crippen LogP contribution in [0.1, 0.15) is 96.8 Å². The van der Waals surface area contributed by atoms with Gasteiger partial charge in [-0.3, -0.25) is 14.9 Å². The Bertz CT molecular complexity index is 791. The van der Waals surface area contributed by atoms with Gasteiger partial charge in [0, 0.05) is 25.6 Å². The van der Waals surface area contributed by atoms with E-state index in [1.807, 2.05) is 0 Å². The molecule has 34 heavy (non-hydrogen) atoms. The van der Waals surface area contributed by atoms with E-state index >= 15 is 0 Å². The van der Waals surface area contributed by atoms with Crippen LogP contribution >= 0.6 is 0 Å². The lowest BCUT2D eigenvalue weighted by molar-refractivity contribution is -0.139. The van der Waals surface area contributed by atoms with Crippen molar-refractivity contribution in [1.29, 1.82) is 0 Å². The smallest absolute Gasteiger partial charge is 0.227 e. The van der Waals surface area contributed by atoms with E-state index in [2.05, 4.69) is 22.5 Å². The van der Waals surface area contributed by atoms with E-state index in [0.717, 1.165) is 57.9 Å². The van der Waals surface area contributed by atoms with Crippen LogP contribution in [0.3, 0.4) is 0 Å². The summed E-state index contributed by atoms with van der Waals surface area (Å²) >= 11 is 0. The number of piperidine rings is 1. The van der Waals surface area contributed by atoms with Crippen LogP contribution in [0.2, 0.25) is 0 Å². The Kier molecular flexibility index (Phi) is 8.94. The molecular weight excluding hydrogens is 450 g/mol. The van der Waals surface area contributed by atoms with E-state index in [4.69, 9.17) is 0 Å². The van der Waals surface area contributed by atoms with Crippen molar-refractivity contribution < 1.29 is 18.0 Å². The molecule has 0 aromatic rings. The normalized spacial score (nSPS) is 31.1. The molecule has 4 rings (SSSR count). The number of amides is 2. The van der Waals surface area contributed by atoms with Gasteiger partial charge in [-0.1, -0.05) is 19.3 Å². The van der Waals surface area contributed by atoms with Crippen LogP contribution in [0.25, 0.3) is 0 Å². The third-order valence-corrected chi connectivity index (χ3v) is 11.1. The molecule has 194 valence electrons. The molecular formula is C26H45N3O4S. The molecule has 1 saturated heterocycles. The van der Waals surface area contributed by atoms with Crippen molar-refractivity contribution in [2.45, 2.75) is 114 Å². The van der Waals surface area contributed by atoms with Gasteiger partial charge in [0.05, 0.1) is 23.1 Å². The maximum atomic E-state index is 13.1. The van der Waals surface area contributed by atoms with Gasteiger partial charge in [-0.25, -0.2) is 8.42 Å².